The molecule has 3 amide bonds. The zero-order chi connectivity index (χ0) is 31.2. The second kappa shape index (κ2) is 12.0. The number of hydrogen-bond acceptors (Lipinski definition) is 5. The molecule has 44 heavy (non-hydrogen) atoms. The summed E-state index contributed by atoms with van der Waals surface area (Å²) in [6, 6.07) is 13.7. The molecule has 0 aromatic heterocycles. The van der Waals surface area contributed by atoms with Crippen molar-refractivity contribution in [2.24, 2.45) is 23.5 Å². The number of benzene rings is 2. The molecule has 2 heterocycles. The number of primary amides is 1. The average Bonchev–Trinajstić information content (AvgIpc) is 3.74. The molecule has 2 saturated heterocycles. The van der Waals surface area contributed by atoms with Gasteiger partial charge in [-0.2, -0.15) is 0 Å². The number of piperidine rings is 1. The number of carbonyl (C=O) groups is 3. The van der Waals surface area contributed by atoms with Gasteiger partial charge in [-0.3, -0.25) is 19.4 Å². The molecule has 2 unspecified atom stereocenters. The van der Waals surface area contributed by atoms with E-state index in [-0.39, 0.29) is 18.4 Å². The Hall–Kier alpha value is -3.72. The monoisotopic (exact) mass is 602 g/mol. The van der Waals surface area contributed by atoms with E-state index >= 15 is 4.39 Å². The van der Waals surface area contributed by atoms with Gasteiger partial charge in [-0.25, -0.2) is 9.18 Å². The zero-order valence-electron chi connectivity index (χ0n) is 25.8. The van der Waals surface area contributed by atoms with Gasteiger partial charge >= 0.3 is 6.09 Å². The van der Waals surface area contributed by atoms with Crippen LogP contribution in [-0.2, 0) is 27.3 Å². The average molecular weight is 603 g/mol. The van der Waals surface area contributed by atoms with Crippen molar-refractivity contribution >= 4 is 23.5 Å². The van der Waals surface area contributed by atoms with Gasteiger partial charge < -0.3 is 15.8 Å². The van der Waals surface area contributed by atoms with Gasteiger partial charge in [-0.15, -0.1) is 0 Å². The van der Waals surface area contributed by atoms with Gasteiger partial charge in [-0.1, -0.05) is 48.5 Å². The van der Waals surface area contributed by atoms with E-state index in [4.69, 9.17) is 10.5 Å². The lowest BCUT2D eigenvalue weighted by Crippen LogP contribution is -2.57. The van der Waals surface area contributed by atoms with Crippen molar-refractivity contribution in [2.75, 3.05) is 13.1 Å². The van der Waals surface area contributed by atoms with Crippen molar-refractivity contribution in [1.29, 1.82) is 0 Å². The van der Waals surface area contributed by atoms with Crippen molar-refractivity contribution in [2.45, 2.75) is 83.1 Å². The van der Waals surface area contributed by atoms with E-state index in [1.165, 1.54) is 16.5 Å². The number of halogens is 1. The molecule has 2 aliphatic heterocycles. The molecule has 4 aliphatic rings. The fourth-order valence-corrected chi connectivity index (χ4v) is 7.70. The van der Waals surface area contributed by atoms with E-state index in [1.54, 1.807) is 26.8 Å². The van der Waals surface area contributed by atoms with E-state index < -0.39 is 41.4 Å². The third kappa shape index (κ3) is 6.39. The van der Waals surface area contributed by atoms with Crippen LogP contribution in [0, 0.1) is 23.6 Å². The SMILES string of the molecule is CC(C)(C)OC(=O)N1[C@@H]2CC[C@@H](C2)[C@H]1C(=O)N[C@@H](Cc1ccc(C2=CC3CN(Cc4ccccc4)CC3C2)cc1F)C(N)=O. The van der Waals surface area contributed by atoms with Gasteiger partial charge in [0, 0.05) is 32.1 Å². The molecule has 6 rings (SSSR count). The highest BCUT2D eigenvalue weighted by Crippen LogP contribution is 2.44. The quantitative estimate of drug-likeness (QED) is 0.457. The number of nitrogens with zero attached hydrogens (tertiary/aromatic N) is 2. The first-order valence-corrected chi connectivity index (χ1v) is 15.8. The fourth-order valence-electron chi connectivity index (χ4n) is 7.70. The molecule has 3 fully saturated rings. The van der Waals surface area contributed by atoms with Crippen molar-refractivity contribution in [3.05, 3.63) is 77.1 Å². The molecule has 2 aromatic rings. The summed E-state index contributed by atoms with van der Waals surface area (Å²) in [7, 11) is 0. The van der Waals surface area contributed by atoms with Crippen LogP contribution in [-0.4, -0.2) is 64.5 Å². The number of ether oxygens (including phenoxy) is 1. The molecule has 0 radical (unpaired) electrons. The molecule has 6 atom stereocenters. The maximum Gasteiger partial charge on any atom is 0.411 e. The number of fused-ring (bicyclic) bond motifs is 3. The number of allylic oxidation sites excluding steroid dienone is 1. The van der Waals surface area contributed by atoms with Crippen LogP contribution < -0.4 is 11.1 Å². The Morgan fingerprint density at radius 3 is 2.52 bits per heavy atom. The predicted molar refractivity (Wildman–Crippen MR) is 166 cm³/mol. The fraction of sp³-hybridized carbons (Fsp3) is 0.514. The lowest BCUT2D eigenvalue weighted by Gasteiger charge is -2.36. The van der Waals surface area contributed by atoms with Crippen LogP contribution in [0.15, 0.2) is 54.6 Å². The second-order valence-electron chi connectivity index (χ2n) is 14.0. The van der Waals surface area contributed by atoms with Crippen molar-refractivity contribution in [1.82, 2.24) is 15.1 Å². The maximum absolute atomic E-state index is 15.4. The molecular formula is C35H43FN4O4. The van der Waals surface area contributed by atoms with E-state index in [2.05, 4.69) is 40.6 Å². The molecule has 8 nitrogen and oxygen atoms in total. The first kappa shape index (κ1) is 30.3. The third-order valence-corrected chi connectivity index (χ3v) is 9.68. The number of carbonyl (C=O) groups excluding carboxylic acids is 3. The van der Waals surface area contributed by atoms with Crippen molar-refractivity contribution in [3.63, 3.8) is 0 Å². The van der Waals surface area contributed by atoms with Crippen LogP contribution >= 0.6 is 0 Å². The predicted octanol–water partition coefficient (Wildman–Crippen LogP) is 4.66. The highest BCUT2D eigenvalue weighted by Gasteiger charge is 2.53. The summed E-state index contributed by atoms with van der Waals surface area (Å²) in [5.41, 5.74) is 8.61. The molecule has 9 heteroatoms. The number of amides is 3. The minimum atomic E-state index is -1.11. The molecule has 3 N–H and O–H groups in total. The summed E-state index contributed by atoms with van der Waals surface area (Å²) < 4.78 is 21.0. The zero-order valence-corrected chi connectivity index (χ0v) is 25.8. The number of hydrogen-bond donors (Lipinski definition) is 2. The highest BCUT2D eigenvalue weighted by atomic mass is 19.1. The summed E-state index contributed by atoms with van der Waals surface area (Å²) in [6.07, 6.45) is 4.96. The summed E-state index contributed by atoms with van der Waals surface area (Å²) in [5, 5.41) is 2.74. The van der Waals surface area contributed by atoms with Gasteiger partial charge in [0.15, 0.2) is 0 Å². The Labute approximate surface area is 258 Å². The maximum atomic E-state index is 15.4. The van der Waals surface area contributed by atoms with Crippen LogP contribution in [0.25, 0.3) is 5.57 Å². The van der Waals surface area contributed by atoms with Gasteiger partial charge in [0.1, 0.15) is 23.5 Å². The smallest absolute Gasteiger partial charge is 0.411 e. The van der Waals surface area contributed by atoms with Crippen LogP contribution in [0.5, 0.6) is 0 Å². The summed E-state index contributed by atoms with van der Waals surface area (Å²) in [4.78, 5) is 42.9. The number of likely N-dealkylation sites (tertiary alicyclic amines) is 2. The molecule has 1 saturated carbocycles. The van der Waals surface area contributed by atoms with Crippen molar-refractivity contribution in [3.8, 4) is 0 Å². The van der Waals surface area contributed by atoms with Gasteiger partial charge in [0.25, 0.3) is 0 Å². The minimum absolute atomic E-state index is 0.0123. The van der Waals surface area contributed by atoms with Crippen LogP contribution in [0.4, 0.5) is 9.18 Å². The first-order valence-electron chi connectivity index (χ1n) is 15.8. The van der Waals surface area contributed by atoms with Crippen LogP contribution in [0.2, 0.25) is 0 Å². The lowest BCUT2D eigenvalue weighted by atomic mass is 9.95. The van der Waals surface area contributed by atoms with Crippen LogP contribution in [0.3, 0.4) is 0 Å². The second-order valence-corrected chi connectivity index (χ2v) is 14.0. The topological polar surface area (TPSA) is 105 Å². The Kier molecular flexibility index (Phi) is 8.26. The number of rotatable bonds is 8. The van der Waals surface area contributed by atoms with E-state index in [9.17, 15) is 14.4 Å². The number of nitrogens with one attached hydrogen (secondary N) is 1. The van der Waals surface area contributed by atoms with E-state index in [0.29, 0.717) is 17.4 Å². The Balaban J connectivity index is 1.09. The Morgan fingerprint density at radius 1 is 1.07 bits per heavy atom. The molecule has 234 valence electrons. The Morgan fingerprint density at radius 2 is 1.84 bits per heavy atom. The lowest BCUT2D eigenvalue weighted by molar-refractivity contribution is -0.132. The normalized spacial score (nSPS) is 26.8. The molecule has 2 aliphatic carbocycles. The third-order valence-electron chi connectivity index (χ3n) is 9.68. The molecule has 2 bridgehead atoms. The standard InChI is InChI=1S/C35H43FN4O4/c1-35(2,3)44-34(43)40-28-12-11-24(15-28)31(40)33(42)38-30(32(37)41)17-23-10-9-22(16-29(23)36)25-13-26-19-39(20-27(26)14-25)18-21-7-5-4-6-8-21/h4-10,13,16,24,26-28,30-31H,11-12,14-15,17-20H2,1-3H3,(H2,37,41)(H,38,42)/t24-,26?,27?,28+,30-,31-/m0/s1. The highest BCUT2D eigenvalue weighted by molar-refractivity contribution is 5.91. The molecule has 0 spiro atoms. The summed E-state index contributed by atoms with van der Waals surface area (Å²) >= 11 is 0. The number of nitrogens with two attached hydrogens (primary N) is 1. The summed E-state index contributed by atoms with van der Waals surface area (Å²) in [5.74, 6) is -0.661. The largest absolute Gasteiger partial charge is 0.444 e. The van der Waals surface area contributed by atoms with Crippen molar-refractivity contribution < 1.29 is 23.5 Å². The van der Waals surface area contributed by atoms with E-state index in [1.807, 2.05) is 12.1 Å². The minimum Gasteiger partial charge on any atom is -0.444 e. The molecular weight excluding hydrogens is 559 g/mol. The molecule has 2 aromatic carbocycles. The first-order chi connectivity index (χ1) is 20.9. The van der Waals surface area contributed by atoms with E-state index in [0.717, 1.165) is 56.5 Å². The van der Waals surface area contributed by atoms with Gasteiger partial charge in [0.2, 0.25) is 11.8 Å². The summed E-state index contributed by atoms with van der Waals surface area (Å²) in [6.45, 7) is 8.32. The van der Waals surface area contributed by atoms with Gasteiger partial charge in [-0.05, 0) is 92.5 Å². The Bertz CT molecular complexity index is 1450. The van der Waals surface area contributed by atoms with Gasteiger partial charge in [0.05, 0.1) is 0 Å². The van der Waals surface area contributed by atoms with Crippen LogP contribution in [0.1, 0.15) is 63.1 Å².